The van der Waals surface area contributed by atoms with E-state index in [1.807, 2.05) is 12.1 Å². The van der Waals surface area contributed by atoms with E-state index in [0.717, 1.165) is 31.5 Å². The number of thioether (sulfide) groups is 1. The molecule has 1 aromatic rings. The highest BCUT2D eigenvalue weighted by atomic mass is 32.2. The fraction of sp³-hybridized carbons (Fsp3) is 0.389. The molecule has 0 bridgehead atoms. The van der Waals surface area contributed by atoms with Gasteiger partial charge >= 0.3 is 5.97 Å². The second-order valence-corrected chi connectivity index (χ2v) is 7.72. The van der Waals surface area contributed by atoms with Crippen LogP contribution in [0.5, 0.6) is 0 Å². The Morgan fingerprint density at radius 2 is 2.24 bits per heavy atom. The Kier molecular flexibility index (Phi) is 5.44. The summed E-state index contributed by atoms with van der Waals surface area (Å²) < 4.78 is 0.424. The van der Waals surface area contributed by atoms with Crippen LogP contribution >= 0.6 is 24.0 Å². The van der Waals surface area contributed by atoms with E-state index in [9.17, 15) is 9.59 Å². The molecule has 0 aliphatic carbocycles. The molecular formula is C18H20N2O3S2. The van der Waals surface area contributed by atoms with E-state index < -0.39 is 5.97 Å². The molecule has 2 aliphatic heterocycles. The van der Waals surface area contributed by atoms with Gasteiger partial charge in [0.25, 0.3) is 5.91 Å². The maximum Gasteiger partial charge on any atom is 0.305 e. The van der Waals surface area contributed by atoms with Gasteiger partial charge in [-0.15, -0.1) is 0 Å². The Balaban J connectivity index is 1.80. The lowest BCUT2D eigenvalue weighted by molar-refractivity contribution is -0.137. The summed E-state index contributed by atoms with van der Waals surface area (Å²) in [6.45, 7) is 4.36. The summed E-state index contributed by atoms with van der Waals surface area (Å²) in [6, 6.07) is 6.28. The molecule has 1 amide bonds. The number of thiocarbonyl (C=S) groups is 1. The number of carboxylic acids is 1. The van der Waals surface area contributed by atoms with Crippen LogP contribution in [0.15, 0.2) is 23.1 Å². The van der Waals surface area contributed by atoms with Crippen LogP contribution in [0.25, 0.3) is 6.08 Å². The number of nitrogens with zero attached hydrogens (tertiary/aromatic N) is 2. The number of hydrogen-bond acceptors (Lipinski definition) is 5. The highest BCUT2D eigenvalue weighted by Crippen LogP contribution is 2.34. The third kappa shape index (κ3) is 3.88. The van der Waals surface area contributed by atoms with Gasteiger partial charge in [0.05, 0.1) is 11.3 Å². The van der Waals surface area contributed by atoms with Crippen LogP contribution in [-0.4, -0.2) is 45.8 Å². The number of anilines is 1. The Labute approximate surface area is 156 Å². The van der Waals surface area contributed by atoms with Gasteiger partial charge < -0.3 is 10.0 Å². The van der Waals surface area contributed by atoms with Gasteiger partial charge in [0.2, 0.25) is 0 Å². The number of amides is 1. The first kappa shape index (κ1) is 17.9. The molecule has 132 valence electrons. The fourth-order valence-corrected chi connectivity index (χ4v) is 4.47. The number of hydrogen-bond donors (Lipinski definition) is 1. The van der Waals surface area contributed by atoms with Gasteiger partial charge in [0.15, 0.2) is 0 Å². The molecule has 3 rings (SSSR count). The third-order valence-electron chi connectivity index (χ3n) is 4.42. The van der Waals surface area contributed by atoms with E-state index in [1.165, 1.54) is 27.9 Å². The van der Waals surface area contributed by atoms with Gasteiger partial charge in [0, 0.05) is 25.3 Å². The summed E-state index contributed by atoms with van der Waals surface area (Å²) in [5, 5.41) is 8.80. The minimum absolute atomic E-state index is 0.106. The minimum Gasteiger partial charge on any atom is -0.481 e. The van der Waals surface area contributed by atoms with E-state index in [1.54, 1.807) is 0 Å². The van der Waals surface area contributed by atoms with Gasteiger partial charge in [-0.25, -0.2) is 0 Å². The molecule has 1 fully saturated rings. The van der Waals surface area contributed by atoms with Crippen LogP contribution in [0, 0.1) is 0 Å². The summed E-state index contributed by atoms with van der Waals surface area (Å²) in [5.41, 5.74) is 3.57. The number of carbonyl (C=O) groups is 2. The topological polar surface area (TPSA) is 60.9 Å². The molecule has 5 nitrogen and oxygen atoms in total. The quantitative estimate of drug-likeness (QED) is 0.629. The molecule has 0 spiro atoms. The number of rotatable bonds is 5. The van der Waals surface area contributed by atoms with Crippen LogP contribution in [0.3, 0.4) is 0 Å². The van der Waals surface area contributed by atoms with Crippen molar-refractivity contribution < 1.29 is 14.7 Å². The van der Waals surface area contributed by atoms with Gasteiger partial charge in [-0.3, -0.25) is 14.5 Å². The van der Waals surface area contributed by atoms with E-state index in [0.29, 0.717) is 9.23 Å². The number of benzene rings is 1. The summed E-state index contributed by atoms with van der Waals surface area (Å²) in [6.07, 6.45) is 3.94. The zero-order valence-corrected chi connectivity index (χ0v) is 15.7. The van der Waals surface area contributed by atoms with Gasteiger partial charge in [-0.1, -0.05) is 30.0 Å². The largest absolute Gasteiger partial charge is 0.481 e. The second kappa shape index (κ2) is 7.58. The average Bonchev–Trinajstić information content (AvgIpc) is 2.85. The number of fused-ring (bicyclic) bond motifs is 1. The Bertz CT molecular complexity index is 761. The Hall–Kier alpha value is -1.86. The van der Waals surface area contributed by atoms with Crippen molar-refractivity contribution in [3.8, 4) is 0 Å². The molecular weight excluding hydrogens is 356 g/mol. The Morgan fingerprint density at radius 1 is 1.44 bits per heavy atom. The lowest BCUT2D eigenvalue weighted by Crippen LogP contribution is -2.30. The molecule has 2 aliphatic rings. The molecule has 7 heteroatoms. The average molecular weight is 377 g/mol. The molecule has 0 aromatic heterocycles. The van der Waals surface area contributed by atoms with Crippen molar-refractivity contribution in [1.29, 1.82) is 0 Å². The smallest absolute Gasteiger partial charge is 0.305 e. The lowest BCUT2D eigenvalue weighted by Gasteiger charge is -2.30. The highest BCUT2D eigenvalue weighted by Gasteiger charge is 2.32. The summed E-state index contributed by atoms with van der Waals surface area (Å²) in [4.78, 5) is 27.5. The second-order valence-electron chi connectivity index (χ2n) is 6.05. The zero-order chi connectivity index (χ0) is 18.0. The zero-order valence-electron chi connectivity index (χ0n) is 14.0. The normalized spacial score (nSPS) is 18.8. The molecule has 1 saturated heterocycles. The minimum atomic E-state index is -0.937. The number of aliphatic carboxylic acids is 1. The summed E-state index contributed by atoms with van der Waals surface area (Å²) in [7, 11) is 0. The maximum atomic E-state index is 12.5. The third-order valence-corrected chi connectivity index (χ3v) is 5.80. The molecule has 2 heterocycles. The molecule has 1 N–H and O–H groups in total. The first-order chi connectivity index (χ1) is 12.0. The molecule has 1 aromatic carbocycles. The molecule has 0 unspecified atom stereocenters. The van der Waals surface area contributed by atoms with Crippen molar-refractivity contribution in [2.75, 3.05) is 24.5 Å². The SMILES string of the molecule is CCN1CCCc2cc(/C=C3\SC(=S)N(CCC(=O)O)C3=O)ccc21. The van der Waals surface area contributed by atoms with Crippen molar-refractivity contribution in [1.82, 2.24) is 4.90 Å². The van der Waals surface area contributed by atoms with Crippen LogP contribution in [0.4, 0.5) is 5.69 Å². The number of carboxylic acid groups (broad SMARTS) is 1. The predicted molar refractivity (Wildman–Crippen MR) is 105 cm³/mol. The monoisotopic (exact) mass is 376 g/mol. The van der Waals surface area contributed by atoms with Crippen LogP contribution < -0.4 is 4.90 Å². The van der Waals surface area contributed by atoms with Crippen LogP contribution in [0.1, 0.15) is 30.9 Å². The van der Waals surface area contributed by atoms with E-state index >= 15 is 0 Å². The number of carbonyl (C=O) groups excluding carboxylic acids is 1. The van der Waals surface area contributed by atoms with Gasteiger partial charge in [-0.2, -0.15) is 0 Å². The molecule has 25 heavy (non-hydrogen) atoms. The van der Waals surface area contributed by atoms with Gasteiger partial charge in [0.1, 0.15) is 4.32 Å². The first-order valence-corrected chi connectivity index (χ1v) is 9.57. The molecule has 0 radical (unpaired) electrons. The van der Waals surface area contributed by atoms with E-state index in [-0.39, 0.29) is 18.9 Å². The standard InChI is InChI=1S/C18H20N2O3S2/c1-2-19-8-3-4-13-10-12(5-6-14(13)19)11-15-17(23)20(18(24)25-15)9-7-16(21)22/h5-6,10-11H,2-4,7-9H2,1H3,(H,21,22)/b15-11-. The van der Waals surface area contributed by atoms with Crippen molar-refractivity contribution in [3.05, 3.63) is 34.2 Å². The van der Waals surface area contributed by atoms with E-state index in [4.69, 9.17) is 17.3 Å². The highest BCUT2D eigenvalue weighted by molar-refractivity contribution is 8.26. The molecule has 0 saturated carbocycles. The number of aryl methyl sites for hydroxylation is 1. The summed E-state index contributed by atoms with van der Waals surface area (Å²) in [5.74, 6) is -1.14. The van der Waals surface area contributed by atoms with E-state index in [2.05, 4.69) is 24.0 Å². The van der Waals surface area contributed by atoms with Crippen molar-refractivity contribution >= 4 is 51.9 Å². The van der Waals surface area contributed by atoms with Crippen LogP contribution in [-0.2, 0) is 16.0 Å². The van der Waals surface area contributed by atoms with Crippen molar-refractivity contribution in [2.24, 2.45) is 0 Å². The lowest BCUT2D eigenvalue weighted by atomic mass is 9.99. The van der Waals surface area contributed by atoms with Crippen LogP contribution in [0.2, 0.25) is 0 Å². The van der Waals surface area contributed by atoms with Crippen molar-refractivity contribution in [2.45, 2.75) is 26.2 Å². The Morgan fingerprint density at radius 3 is 2.96 bits per heavy atom. The molecule has 0 atom stereocenters. The predicted octanol–water partition coefficient (Wildman–Crippen LogP) is 3.14. The van der Waals surface area contributed by atoms with Gasteiger partial charge in [-0.05, 0) is 49.1 Å². The fourth-order valence-electron chi connectivity index (χ4n) is 3.16. The van der Waals surface area contributed by atoms with Crippen molar-refractivity contribution in [3.63, 3.8) is 0 Å². The maximum absolute atomic E-state index is 12.5. The summed E-state index contributed by atoms with van der Waals surface area (Å²) >= 11 is 6.46. The first-order valence-electron chi connectivity index (χ1n) is 8.34.